The molecule has 0 spiro atoms. The lowest BCUT2D eigenvalue weighted by Crippen LogP contribution is -2.23. The predicted octanol–water partition coefficient (Wildman–Crippen LogP) is 4.11. The van der Waals surface area contributed by atoms with E-state index in [-0.39, 0.29) is 12.1 Å². The van der Waals surface area contributed by atoms with Crippen LogP contribution < -0.4 is 5.32 Å². The molecule has 0 aliphatic carbocycles. The molecule has 2 rings (SSSR count). The Morgan fingerprint density at radius 1 is 0.958 bits per heavy atom. The SMILES string of the molecule is C[C@H](N[C@@H](C)c1cccc(Br)c1)c1ccc(S(=O)(=O)N(C)C)cc1. The molecule has 2 atom stereocenters. The Morgan fingerprint density at radius 2 is 1.54 bits per heavy atom. The van der Waals surface area contributed by atoms with Gasteiger partial charge in [0.2, 0.25) is 10.0 Å². The lowest BCUT2D eigenvalue weighted by atomic mass is 10.0. The first-order chi connectivity index (χ1) is 11.2. The molecule has 2 aromatic carbocycles. The number of nitrogens with one attached hydrogen (secondary N) is 1. The zero-order chi connectivity index (χ0) is 17.9. The fourth-order valence-corrected chi connectivity index (χ4v) is 3.80. The summed E-state index contributed by atoms with van der Waals surface area (Å²) in [7, 11) is -0.313. The summed E-state index contributed by atoms with van der Waals surface area (Å²) in [6.07, 6.45) is 0. The van der Waals surface area contributed by atoms with Crippen molar-refractivity contribution >= 4 is 26.0 Å². The van der Waals surface area contributed by atoms with Gasteiger partial charge in [0, 0.05) is 30.7 Å². The molecular weight excluding hydrogens is 388 g/mol. The van der Waals surface area contributed by atoms with Crippen molar-refractivity contribution in [2.24, 2.45) is 0 Å². The summed E-state index contributed by atoms with van der Waals surface area (Å²) in [6.45, 7) is 4.19. The third kappa shape index (κ3) is 4.45. The van der Waals surface area contributed by atoms with Gasteiger partial charge in [0.15, 0.2) is 0 Å². The molecule has 0 heterocycles. The fourth-order valence-electron chi connectivity index (χ4n) is 2.48. The number of nitrogens with zero attached hydrogens (tertiary/aromatic N) is 1. The molecule has 0 aliphatic rings. The topological polar surface area (TPSA) is 49.4 Å². The Balaban J connectivity index is 2.12. The smallest absolute Gasteiger partial charge is 0.242 e. The third-order valence-corrected chi connectivity index (χ3v) is 6.33. The van der Waals surface area contributed by atoms with Gasteiger partial charge >= 0.3 is 0 Å². The van der Waals surface area contributed by atoms with Gasteiger partial charge in [-0.05, 0) is 49.2 Å². The zero-order valence-electron chi connectivity index (χ0n) is 14.3. The van der Waals surface area contributed by atoms with Crippen LogP contribution >= 0.6 is 15.9 Å². The van der Waals surface area contributed by atoms with E-state index >= 15 is 0 Å². The first-order valence-electron chi connectivity index (χ1n) is 7.76. The summed E-state index contributed by atoms with van der Waals surface area (Å²) in [6, 6.07) is 15.5. The second kappa shape index (κ2) is 7.78. The number of hydrogen-bond donors (Lipinski definition) is 1. The Kier molecular flexibility index (Phi) is 6.20. The number of rotatable bonds is 6. The van der Waals surface area contributed by atoms with E-state index in [1.54, 1.807) is 12.1 Å². The summed E-state index contributed by atoms with van der Waals surface area (Å²) in [5.74, 6) is 0. The Morgan fingerprint density at radius 3 is 2.08 bits per heavy atom. The second-order valence-electron chi connectivity index (χ2n) is 6.02. The monoisotopic (exact) mass is 410 g/mol. The largest absolute Gasteiger partial charge is 0.304 e. The van der Waals surface area contributed by atoms with E-state index in [2.05, 4.69) is 47.2 Å². The lowest BCUT2D eigenvalue weighted by Gasteiger charge is -2.21. The maximum Gasteiger partial charge on any atom is 0.242 e. The zero-order valence-corrected chi connectivity index (χ0v) is 16.7. The number of benzene rings is 2. The van der Waals surface area contributed by atoms with Gasteiger partial charge in [0.1, 0.15) is 0 Å². The Bertz CT molecular complexity index is 789. The minimum absolute atomic E-state index is 0.107. The van der Waals surface area contributed by atoms with Crippen LogP contribution in [0.15, 0.2) is 57.9 Å². The van der Waals surface area contributed by atoms with Crippen molar-refractivity contribution in [2.45, 2.75) is 30.8 Å². The van der Waals surface area contributed by atoms with Crippen molar-refractivity contribution in [3.63, 3.8) is 0 Å². The molecule has 2 aromatic rings. The van der Waals surface area contributed by atoms with Gasteiger partial charge in [-0.3, -0.25) is 0 Å². The molecular formula is C18H23BrN2O2S. The van der Waals surface area contributed by atoms with Crippen LogP contribution in [0.25, 0.3) is 0 Å². The molecule has 0 fully saturated rings. The molecule has 0 bridgehead atoms. The molecule has 130 valence electrons. The molecule has 0 unspecified atom stereocenters. The third-order valence-electron chi connectivity index (χ3n) is 4.01. The first-order valence-corrected chi connectivity index (χ1v) is 9.99. The van der Waals surface area contributed by atoms with Crippen LogP contribution in [0.1, 0.15) is 37.1 Å². The predicted molar refractivity (Wildman–Crippen MR) is 101 cm³/mol. The molecule has 0 aromatic heterocycles. The average molecular weight is 411 g/mol. The Labute approximate surface area is 153 Å². The van der Waals surface area contributed by atoms with Crippen molar-refractivity contribution in [1.82, 2.24) is 9.62 Å². The van der Waals surface area contributed by atoms with Crippen LogP contribution in [0.4, 0.5) is 0 Å². The fraction of sp³-hybridized carbons (Fsp3) is 0.333. The van der Waals surface area contributed by atoms with Gasteiger partial charge in [0.25, 0.3) is 0 Å². The van der Waals surface area contributed by atoms with Crippen LogP contribution in [-0.2, 0) is 10.0 Å². The summed E-state index contributed by atoms with van der Waals surface area (Å²) in [4.78, 5) is 0.309. The van der Waals surface area contributed by atoms with E-state index < -0.39 is 10.0 Å². The van der Waals surface area contributed by atoms with Crippen molar-refractivity contribution in [3.8, 4) is 0 Å². The van der Waals surface area contributed by atoms with E-state index in [1.807, 2.05) is 24.3 Å². The molecule has 0 amide bonds. The molecule has 6 heteroatoms. The molecule has 0 saturated carbocycles. The first kappa shape index (κ1) is 19.1. The van der Waals surface area contributed by atoms with Gasteiger partial charge in [-0.25, -0.2) is 12.7 Å². The van der Waals surface area contributed by atoms with Gasteiger partial charge in [-0.2, -0.15) is 0 Å². The molecule has 0 radical (unpaired) electrons. The van der Waals surface area contributed by atoms with E-state index in [9.17, 15) is 8.42 Å². The van der Waals surface area contributed by atoms with E-state index in [0.717, 1.165) is 10.0 Å². The van der Waals surface area contributed by atoms with Crippen molar-refractivity contribution in [2.75, 3.05) is 14.1 Å². The average Bonchev–Trinajstić information content (AvgIpc) is 2.54. The highest BCUT2D eigenvalue weighted by Crippen LogP contribution is 2.23. The standard InChI is InChI=1S/C18H23BrN2O2S/c1-13(20-14(2)16-6-5-7-17(19)12-16)15-8-10-18(11-9-15)24(22,23)21(3)4/h5-14,20H,1-4H3/t13-,14-/m0/s1. The molecule has 1 N–H and O–H groups in total. The van der Waals surface area contributed by atoms with Gasteiger partial charge in [-0.15, -0.1) is 0 Å². The summed E-state index contributed by atoms with van der Waals surface area (Å²) in [5.41, 5.74) is 2.25. The minimum atomic E-state index is -3.38. The minimum Gasteiger partial charge on any atom is -0.304 e. The summed E-state index contributed by atoms with van der Waals surface area (Å²) < 4.78 is 26.5. The number of hydrogen-bond acceptors (Lipinski definition) is 3. The highest BCUT2D eigenvalue weighted by atomic mass is 79.9. The van der Waals surface area contributed by atoms with Crippen LogP contribution in [0.2, 0.25) is 0 Å². The lowest BCUT2D eigenvalue weighted by molar-refractivity contribution is 0.494. The van der Waals surface area contributed by atoms with Gasteiger partial charge in [-0.1, -0.05) is 40.2 Å². The van der Waals surface area contributed by atoms with Crippen LogP contribution in [0.5, 0.6) is 0 Å². The van der Waals surface area contributed by atoms with Crippen LogP contribution in [0, 0.1) is 0 Å². The van der Waals surface area contributed by atoms with E-state index in [4.69, 9.17) is 0 Å². The van der Waals surface area contributed by atoms with Crippen LogP contribution in [0.3, 0.4) is 0 Å². The van der Waals surface area contributed by atoms with Crippen molar-refractivity contribution < 1.29 is 8.42 Å². The van der Waals surface area contributed by atoms with Crippen molar-refractivity contribution in [3.05, 3.63) is 64.1 Å². The van der Waals surface area contributed by atoms with E-state index in [1.165, 1.54) is 24.0 Å². The molecule has 0 saturated heterocycles. The van der Waals surface area contributed by atoms with Crippen LogP contribution in [-0.4, -0.2) is 26.8 Å². The number of halogens is 1. The highest BCUT2D eigenvalue weighted by Gasteiger charge is 2.18. The molecule has 4 nitrogen and oxygen atoms in total. The number of sulfonamides is 1. The quantitative estimate of drug-likeness (QED) is 0.778. The second-order valence-corrected chi connectivity index (χ2v) is 9.09. The normalized spacial score (nSPS) is 14.6. The highest BCUT2D eigenvalue weighted by molar-refractivity contribution is 9.10. The van der Waals surface area contributed by atoms with Crippen molar-refractivity contribution in [1.29, 1.82) is 0 Å². The van der Waals surface area contributed by atoms with Gasteiger partial charge in [0.05, 0.1) is 4.90 Å². The molecule has 24 heavy (non-hydrogen) atoms. The maximum absolute atomic E-state index is 12.1. The molecule has 0 aliphatic heterocycles. The van der Waals surface area contributed by atoms with Gasteiger partial charge < -0.3 is 5.32 Å². The summed E-state index contributed by atoms with van der Waals surface area (Å²) >= 11 is 3.49. The summed E-state index contributed by atoms with van der Waals surface area (Å²) in [5, 5.41) is 3.54. The Hall–Kier alpha value is -1.21. The maximum atomic E-state index is 12.1. The van der Waals surface area contributed by atoms with E-state index in [0.29, 0.717) is 4.90 Å².